The summed E-state index contributed by atoms with van der Waals surface area (Å²) in [5.74, 6) is 0.445. The molecule has 0 bridgehead atoms. The number of thioether (sulfide) groups is 1. The number of benzene rings is 1. The first-order valence-corrected chi connectivity index (χ1v) is 12.6. The van der Waals surface area contributed by atoms with Crippen LogP contribution in [0.25, 0.3) is 21.3 Å². The van der Waals surface area contributed by atoms with Gasteiger partial charge < -0.3 is 9.88 Å². The monoisotopic (exact) mass is 439 g/mol. The third kappa shape index (κ3) is 3.93. The Morgan fingerprint density at radius 1 is 1.10 bits per heavy atom. The fourth-order valence-corrected chi connectivity index (χ4v) is 6.24. The molecule has 3 aromatic rings. The first kappa shape index (κ1) is 19.8. The Balaban J connectivity index is 1.38. The molecule has 1 aliphatic carbocycles. The largest absolute Gasteiger partial charge is 0.342 e. The minimum Gasteiger partial charge on any atom is -0.342 e. The molecule has 1 N–H and O–H groups in total. The van der Waals surface area contributed by atoms with Gasteiger partial charge in [0, 0.05) is 24.0 Å². The zero-order chi connectivity index (χ0) is 20.5. The van der Waals surface area contributed by atoms with Crippen molar-refractivity contribution >= 4 is 39.2 Å². The van der Waals surface area contributed by atoms with Crippen LogP contribution in [0.15, 0.2) is 33.5 Å². The molecular weight excluding hydrogens is 414 g/mol. The Bertz CT molecular complexity index is 1150. The summed E-state index contributed by atoms with van der Waals surface area (Å²) >= 11 is 2.82. The number of hydrogen-bond acceptors (Lipinski definition) is 5. The molecule has 156 valence electrons. The van der Waals surface area contributed by atoms with Crippen LogP contribution in [0.1, 0.15) is 43.2 Å². The number of piperidine rings is 1. The molecule has 0 unspecified atom stereocenters. The van der Waals surface area contributed by atoms with Gasteiger partial charge in [0.2, 0.25) is 5.91 Å². The van der Waals surface area contributed by atoms with E-state index in [2.05, 4.69) is 28.2 Å². The number of aromatic amines is 1. The van der Waals surface area contributed by atoms with Crippen molar-refractivity contribution in [1.82, 2.24) is 14.9 Å². The minimum atomic E-state index is -0.123. The molecule has 1 fully saturated rings. The highest BCUT2D eigenvalue weighted by molar-refractivity contribution is 7.99. The van der Waals surface area contributed by atoms with Gasteiger partial charge in [-0.05, 0) is 61.6 Å². The lowest BCUT2D eigenvalue weighted by Crippen LogP contribution is -2.36. The molecule has 1 aliphatic heterocycles. The zero-order valence-electron chi connectivity index (χ0n) is 16.9. The van der Waals surface area contributed by atoms with Crippen LogP contribution in [0.3, 0.4) is 0 Å². The lowest BCUT2D eigenvalue weighted by atomic mass is 9.89. The molecule has 0 atom stereocenters. The number of nitrogens with zero attached hydrogens (tertiary/aromatic N) is 2. The van der Waals surface area contributed by atoms with E-state index in [1.807, 2.05) is 10.3 Å². The van der Waals surface area contributed by atoms with Crippen molar-refractivity contribution in [1.29, 1.82) is 0 Å². The van der Waals surface area contributed by atoms with Gasteiger partial charge in [-0.1, -0.05) is 30.0 Å². The van der Waals surface area contributed by atoms with Crippen LogP contribution < -0.4 is 5.56 Å². The predicted molar refractivity (Wildman–Crippen MR) is 123 cm³/mol. The third-order valence-corrected chi connectivity index (χ3v) is 7.85. The maximum atomic E-state index is 12.9. The van der Waals surface area contributed by atoms with Gasteiger partial charge in [-0.15, -0.1) is 11.3 Å². The number of amides is 1. The van der Waals surface area contributed by atoms with Crippen molar-refractivity contribution in [3.63, 3.8) is 0 Å². The second kappa shape index (κ2) is 8.55. The van der Waals surface area contributed by atoms with Gasteiger partial charge in [-0.3, -0.25) is 9.59 Å². The van der Waals surface area contributed by atoms with Gasteiger partial charge in [-0.2, -0.15) is 0 Å². The summed E-state index contributed by atoms with van der Waals surface area (Å²) < 4.78 is 0. The minimum absolute atomic E-state index is 0.123. The summed E-state index contributed by atoms with van der Waals surface area (Å²) in [4.78, 5) is 35.5. The van der Waals surface area contributed by atoms with E-state index < -0.39 is 0 Å². The van der Waals surface area contributed by atoms with Crippen LogP contribution in [0.5, 0.6) is 0 Å². The van der Waals surface area contributed by atoms with Crippen LogP contribution in [-0.2, 0) is 17.6 Å². The van der Waals surface area contributed by atoms with Gasteiger partial charge in [0.1, 0.15) is 4.83 Å². The number of fused-ring (bicyclic) bond motifs is 2. The molecule has 2 aromatic heterocycles. The van der Waals surface area contributed by atoms with Gasteiger partial charge >= 0.3 is 0 Å². The molecule has 1 saturated heterocycles. The highest BCUT2D eigenvalue weighted by atomic mass is 32.2. The molecule has 1 aromatic carbocycles. The van der Waals surface area contributed by atoms with E-state index in [0.29, 0.717) is 16.3 Å². The number of aromatic nitrogens is 2. The Kier molecular flexibility index (Phi) is 5.65. The molecule has 5 nitrogen and oxygen atoms in total. The number of likely N-dealkylation sites (tertiary alicyclic amines) is 1. The van der Waals surface area contributed by atoms with E-state index in [1.54, 1.807) is 0 Å². The van der Waals surface area contributed by atoms with Crippen molar-refractivity contribution < 1.29 is 4.79 Å². The van der Waals surface area contributed by atoms with Gasteiger partial charge in [0.25, 0.3) is 5.56 Å². The molecule has 7 heteroatoms. The lowest BCUT2D eigenvalue weighted by Gasteiger charge is -2.26. The molecule has 0 radical (unpaired) electrons. The second-order valence-corrected chi connectivity index (χ2v) is 9.94. The quantitative estimate of drug-likeness (QED) is 0.475. The van der Waals surface area contributed by atoms with E-state index >= 15 is 0 Å². The Labute approximate surface area is 183 Å². The van der Waals surface area contributed by atoms with Crippen molar-refractivity contribution in [3.05, 3.63) is 45.1 Å². The van der Waals surface area contributed by atoms with Crippen LogP contribution in [0.2, 0.25) is 0 Å². The summed E-state index contributed by atoms with van der Waals surface area (Å²) in [7, 11) is 0. The lowest BCUT2D eigenvalue weighted by molar-refractivity contribution is -0.129. The van der Waals surface area contributed by atoms with Crippen molar-refractivity contribution in [2.24, 2.45) is 0 Å². The average molecular weight is 440 g/mol. The van der Waals surface area contributed by atoms with E-state index in [0.717, 1.165) is 54.7 Å². The number of rotatable bonds is 4. The second-order valence-electron chi connectivity index (χ2n) is 8.12. The summed E-state index contributed by atoms with van der Waals surface area (Å²) in [5, 5.41) is 3.21. The molecular formula is C23H25N3O2S2. The Morgan fingerprint density at radius 2 is 1.90 bits per heavy atom. The van der Waals surface area contributed by atoms with E-state index in [1.165, 1.54) is 53.5 Å². The summed E-state index contributed by atoms with van der Waals surface area (Å²) in [5.41, 5.74) is 4.77. The number of H-pyrrole nitrogens is 1. The highest BCUT2D eigenvalue weighted by Crippen LogP contribution is 2.34. The fourth-order valence-electron chi connectivity index (χ4n) is 4.48. The van der Waals surface area contributed by atoms with Gasteiger partial charge in [0.15, 0.2) is 5.16 Å². The van der Waals surface area contributed by atoms with Crippen LogP contribution in [0, 0.1) is 0 Å². The van der Waals surface area contributed by atoms with Crippen molar-refractivity contribution in [3.8, 4) is 11.1 Å². The van der Waals surface area contributed by atoms with Crippen LogP contribution in [-0.4, -0.2) is 39.6 Å². The maximum absolute atomic E-state index is 12.9. The number of aryl methyl sites for hydroxylation is 2. The standard InChI is InChI=1S/C23H25N3O2S2/c27-19(26-10-4-1-5-11-26)14-30-23-24-21(28)20-18(13-29-22(20)25-23)17-9-8-15-6-2-3-7-16(15)12-17/h8-9,12-13H,1-7,10-11,14H2,(H,24,25,28). The van der Waals surface area contributed by atoms with E-state index in [9.17, 15) is 9.59 Å². The number of hydrogen-bond donors (Lipinski definition) is 1. The Hall–Kier alpha value is -2.12. The van der Waals surface area contributed by atoms with Gasteiger partial charge in [0.05, 0.1) is 11.1 Å². The smallest absolute Gasteiger partial charge is 0.260 e. The molecule has 5 rings (SSSR count). The number of nitrogens with one attached hydrogen (secondary N) is 1. The normalized spacial score (nSPS) is 16.6. The van der Waals surface area contributed by atoms with Crippen molar-refractivity contribution in [2.45, 2.75) is 50.1 Å². The average Bonchev–Trinajstić information content (AvgIpc) is 3.22. The highest BCUT2D eigenvalue weighted by Gasteiger charge is 2.19. The number of carbonyl (C=O) groups is 1. The maximum Gasteiger partial charge on any atom is 0.260 e. The fraction of sp³-hybridized carbons (Fsp3) is 0.435. The summed E-state index contributed by atoms with van der Waals surface area (Å²) in [6.45, 7) is 1.69. The predicted octanol–water partition coefficient (Wildman–Crippen LogP) is 4.64. The molecule has 2 aliphatic rings. The topological polar surface area (TPSA) is 66.1 Å². The number of thiophene rings is 1. The SMILES string of the molecule is O=C(CSc1nc2scc(-c3ccc4c(c3)CCCC4)c2c(=O)[nH]1)N1CCCCC1. The van der Waals surface area contributed by atoms with Crippen molar-refractivity contribution in [2.75, 3.05) is 18.8 Å². The first-order chi connectivity index (χ1) is 14.7. The van der Waals surface area contributed by atoms with E-state index in [-0.39, 0.29) is 11.5 Å². The zero-order valence-corrected chi connectivity index (χ0v) is 18.5. The molecule has 0 saturated carbocycles. The molecule has 30 heavy (non-hydrogen) atoms. The molecule has 1 amide bonds. The number of carbonyl (C=O) groups excluding carboxylic acids is 1. The molecule has 0 spiro atoms. The summed E-state index contributed by atoms with van der Waals surface area (Å²) in [6, 6.07) is 6.59. The first-order valence-electron chi connectivity index (χ1n) is 10.7. The summed E-state index contributed by atoms with van der Waals surface area (Å²) in [6.07, 6.45) is 8.13. The van der Waals surface area contributed by atoms with Gasteiger partial charge in [-0.25, -0.2) is 4.98 Å². The Morgan fingerprint density at radius 3 is 2.73 bits per heavy atom. The third-order valence-electron chi connectivity index (χ3n) is 6.12. The van der Waals surface area contributed by atoms with Crippen LogP contribution >= 0.6 is 23.1 Å². The molecule has 3 heterocycles. The van der Waals surface area contributed by atoms with Crippen LogP contribution in [0.4, 0.5) is 0 Å². The van der Waals surface area contributed by atoms with E-state index in [4.69, 9.17) is 0 Å².